The van der Waals surface area contributed by atoms with Gasteiger partial charge in [-0.3, -0.25) is 4.79 Å². The maximum absolute atomic E-state index is 11.0. The van der Waals surface area contributed by atoms with Crippen LogP contribution in [0.1, 0.15) is 18.9 Å². The number of carbonyl (C=O) groups excluding carboxylic acids is 1. The maximum atomic E-state index is 11.0. The molecule has 0 bridgehead atoms. The third-order valence-corrected chi connectivity index (χ3v) is 3.35. The van der Waals surface area contributed by atoms with Crippen molar-refractivity contribution in [1.82, 2.24) is 10.3 Å². The molecule has 0 spiro atoms. The molecule has 1 unspecified atom stereocenters. The molecular formula is C12H16BrN3O. The molecule has 1 saturated heterocycles. The summed E-state index contributed by atoms with van der Waals surface area (Å²) in [6.45, 7) is 5.40. The number of pyridine rings is 1. The van der Waals surface area contributed by atoms with Gasteiger partial charge in [0.2, 0.25) is 5.91 Å². The van der Waals surface area contributed by atoms with Crippen molar-refractivity contribution < 1.29 is 4.79 Å². The molecule has 2 heterocycles. The molecule has 0 aromatic carbocycles. The van der Waals surface area contributed by atoms with Crippen LogP contribution in [0.2, 0.25) is 0 Å². The van der Waals surface area contributed by atoms with Crippen LogP contribution in [0.4, 0.5) is 5.82 Å². The number of nitrogens with one attached hydrogen (secondary N) is 1. The fraction of sp³-hybridized carbons (Fsp3) is 0.500. The number of hydrogen-bond donors (Lipinski definition) is 1. The number of aryl methyl sites for hydroxylation is 1. The number of carbonyl (C=O) groups is 1. The highest BCUT2D eigenvalue weighted by Crippen LogP contribution is 2.24. The Morgan fingerprint density at radius 2 is 2.41 bits per heavy atom. The van der Waals surface area contributed by atoms with E-state index in [9.17, 15) is 4.79 Å². The van der Waals surface area contributed by atoms with E-state index in [0.717, 1.165) is 35.4 Å². The molecule has 1 aromatic heterocycles. The van der Waals surface area contributed by atoms with Gasteiger partial charge in [0.05, 0.1) is 0 Å². The highest BCUT2D eigenvalue weighted by Gasteiger charge is 2.24. The molecule has 1 amide bonds. The molecule has 2 rings (SSSR count). The normalized spacial score (nSPS) is 19.5. The minimum Gasteiger partial charge on any atom is -0.354 e. The molecule has 1 fully saturated rings. The van der Waals surface area contributed by atoms with Crippen LogP contribution in [0.3, 0.4) is 0 Å². The maximum Gasteiger partial charge on any atom is 0.217 e. The van der Waals surface area contributed by atoms with Crippen LogP contribution < -0.4 is 10.2 Å². The lowest BCUT2D eigenvalue weighted by molar-refractivity contribution is -0.119. The largest absolute Gasteiger partial charge is 0.354 e. The topological polar surface area (TPSA) is 45.2 Å². The number of nitrogens with zero attached hydrogens (tertiary/aromatic N) is 2. The molecule has 1 aromatic rings. The average molecular weight is 298 g/mol. The zero-order valence-corrected chi connectivity index (χ0v) is 11.6. The molecule has 17 heavy (non-hydrogen) atoms. The minimum absolute atomic E-state index is 0.0392. The van der Waals surface area contributed by atoms with Crippen molar-refractivity contribution in [3.63, 3.8) is 0 Å². The third kappa shape index (κ3) is 2.97. The molecule has 5 heteroatoms. The van der Waals surface area contributed by atoms with E-state index in [2.05, 4.69) is 44.1 Å². The van der Waals surface area contributed by atoms with Crippen molar-refractivity contribution in [3.05, 3.63) is 22.3 Å². The van der Waals surface area contributed by atoms with Crippen molar-refractivity contribution in [1.29, 1.82) is 0 Å². The summed E-state index contributed by atoms with van der Waals surface area (Å²) in [5.74, 6) is 1.05. The number of amides is 1. The van der Waals surface area contributed by atoms with Crippen molar-refractivity contribution in [2.45, 2.75) is 26.3 Å². The molecule has 0 aliphatic carbocycles. The van der Waals surface area contributed by atoms with Gasteiger partial charge in [0, 0.05) is 36.7 Å². The first kappa shape index (κ1) is 12.4. The Labute approximate surface area is 110 Å². The highest BCUT2D eigenvalue weighted by molar-refractivity contribution is 9.10. The summed E-state index contributed by atoms with van der Waals surface area (Å²) < 4.78 is 0.997. The minimum atomic E-state index is 0.0392. The first-order valence-electron chi connectivity index (χ1n) is 5.70. The summed E-state index contributed by atoms with van der Waals surface area (Å²) in [6.07, 6.45) is 2.80. The molecule has 1 N–H and O–H groups in total. The van der Waals surface area contributed by atoms with Gasteiger partial charge in [0.1, 0.15) is 5.82 Å². The molecule has 1 atom stereocenters. The molecule has 0 radical (unpaired) electrons. The summed E-state index contributed by atoms with van der Waals surface area (Å²) in [6, 6.07) is 2.31. The van der Waals surface area contributed by atoms with Crippen LogP contribution in [-0.2, 0) is 4.79 Å². The van der Waals surface area contributed by atoms with E-state index in [4.69, 9.17) is 0 Å². The Morgan fingerprint density at radius 3 is 3.06 bits per heavy atom. The number of anilines is 1. The van der Waals surface area contributed by atoms with E-state index in [1.54, 1.807) is 6.92 Å². The number of halogens is 1. The van der Waals surface area contributed by atoms with E-state index in [1.807, 2.05) is 6.20 Å². The van der Waals surface area contributed by atoms with E-state index < -0.39 is 0 Å². The molecule has 4 nitrogen and oxygen atoms in total. The molecule has 92 valence electrons. The third-order valence-electron chi connectivity index (χ3n) is 2.91. The molecule has 1 aliphatic heterocycles. The zero-order chi connectivity index (χ0) is 12.4. The van der Waals surface area contributed by atoms with Gasteiger partial charge >= 0.3 is 0 Å². The van der Waals surface area contributed by atoms with Crippen LogP contribution in [-0.4, -0.2) is 30.0 Å². The predicted molar refractivity (Wildman–Crippen MR) is 71.1 cm³/mol. The van der Waals surface area contributed by atoms with Crippen LogP contribution in [0.25, 0.3) is 0 Å². The average Bonchev–Trinajstić information content (AvgIpc) is 2.65. The monoisotopic (exact) mass is 297 g/mol. The van der Waals surface area contributed by atoms with Crippen molar-refractivity contribution in [3.8, 4) is 0 Å². The second-order valence-electron chi connectivity index (χ2n) is 4.43. The van der Waals surface area contributed by atoms with Crippen LogP contribution in [0.15, 0.2) is 16.7 Å². The number of aromatic nitrogens is 1. The van der Waals surface area contributed by atoms with Gasteiger partial charge < -0.3 is 10.2 Å². The second-order valence-corrected chi connectivity index (χ2v) is 5.34. The van der Waals surface area contributed by atoms with Crippen molar-refractivity contribution in [2.75, 3.05) is 18.0 Å². The highest BCUT2D eigenvalue weighted by atomic mass is 79.9. The van der Waals surface area contributed by atoms with Gasteiger partial charge in [-0.15, -0.1) is 0 Å². The standard InChI is InChI=1S/C12H16BrN3O/c1-8-5-10(13)6-14-12(8)16-4-3-11(7-16)15-9(2)17/h5-6,11H,3-4,7H2,1-2H3,(H,15,17). The van der Waals surface area contributed by atoms with Gasteiger partial charge in [-0.1, -0.05) is 0 Å². The smallest absolute Gasteiger partial charge is 0.217 e. The van der Waals surface area contributed by atoms with Crippen LogP contribution in [0.5, 0.6) is 0 Å². The summed E-state index contributed by atoms with van der Waals surface area (Å²) >= 11 is 3.41. The fourth-order valence-corrected chi connectivity index (χ4v) is 2.67. The first-order chi connectivity index (χ1) is 8.06. The number of rotatable bonds is 2. The Morgan fingerprint density at radius 1 is 1.65 bits per heavy atom. The summed E-state index contributed by atoms with van der Waals surface area (Å²) in [7, 11) is 0. The Bertz CT molecular complexity index is 436. The fourth-order valence-electron chi connectivity index (χ4n) is 2.22. The zero-order valence-electron chi connectivity index (χ0n) is 10.0. The number of hydrogen-bond acceptors (Lipinski definition) is 3. The lowest BCUT2D eigenvalue weighted by Crippen LogP contribution is -2.35. The van der Waals surface area contributed by atoms with E-state index in [0.29, 0.717) is 0 Å². The van der Waals surface area contributed by atoms with Crippen molar-refractivity contribution >= 4 is 27.7 Å². The Hall–Kier alpha value is -1.10. The molecule has 1 aliphatic rings. The molecular weight excluding hydrogens is 282 g/mol. The Kier molecular flexibility index (Phi) is 3.66. The Balaban J connectivity index is 2.07. The van der Waals surface area contributed by atoms with Gasteiger partial charge in [-0.25, -0.2) is 4.98 Å². The molecule has 0 saturated carbocycles. The van der Waals surface area contributed by atoms with E-state index in [-0.39, 0.29) is 11.9 Å². The SMILES string of the molecule is CC(=O)NC1CCN(c2ncc(Br)cc2C)C1. The summed E-state index contributed by atoms with van der Waals surface area (Å²) in [5, 5.41) is 2.95. The summed E-state index contributed by atoms with van der Waals surface area (Å²) in [5.41, 5.74) is 1.16. The lowest BCUT2D eigenvalue weighted by atomic mass is 10.2. The lowest BCUT2D eigenvalue weighted by Gasteiger charge is -2.19. The summed E-state index contributed by atoms with van der Waals surface area (Å²) in [4.78, 5) is 17.7. The van der Waals surface area contributed by atoms with Crippen LogP contribution in [0, 0.1) is 6.92 Å². The first-order valence-corrected chi connectivity index (χ1v) is 6.50. The van der Waals surface area contributed by atoms with Gasteiger partial charge in [0.15, 0.2) is 0 Å². The predicted octanol–water partition coefficient (Wildman–Crippen LogP) is 1.87. The van der Waals surface area contributed by atoms with E-state index in [1.165, 1.54) is 0 Å². The quantitative estimate of drug-likeness (QED) is 0.906. The second kappa shape index (κ2) is 5.04. The van der Waals surface area contributed by atoms with E-state index >= 15 is 0 Å². The van der Waals surface area contributed by atoms with Gasteiger partial charge in [-0.05, 0) is 40.9 Å². The van der Waals surface area contributed by atoms with Gasteiger partial charge in [-0.2, -0.15) is 0 Å². The van der Waals surface area contributed by atoms with Crippen LogP contribution >= 0.6 is 15.9 Å². The van der Waals surface area contributed by atoms with Gasteiger partial charge in [0.25, 0.3) is 0 Å². The van der Waals surface area contributed by atoms with Crippen molar-refractivity contribution in [2.24, 2.45) is 0 Å².